The molecule has 0 aliphatic rings. The number of benzene rings is 2. The van der Waals surface area contributed by atoms with Crippen molar-refractivity contribution in [3.63, 3.8) is 0 Å². The fraction of sp³-hybridized carbons (Fsp3) is 0.217. The molecule has 0 fully saturated rings. The number of methoxy groups -OCH3 is 2. The summed E-state index contributed by atoms with van der Waals surface area (Å²) in [7, 11) is 3.13. The molecule has 9 nitrogen and oxygen atoms in total. The number of nitrogens with zero attached hydrogens (tertiary/aromatic N) is 4. The van der Waals surface area contributed by atoms with Crippen LogP contribution in [0.3, 0.4) is 0 Å². The zero-order chi connectivity index (χ0) is 22.5. The lowest BCUT2D eigenvalue weighted by molar-refractivity contribution is 0.340. The molecular weight excluding hydrogens is 412 g/mol. The first kappa shape index (κ1) is 21.1. The minimum absolute atomic E-state index is 0.0456. The first-order valence-electron chi connectivity index (χ1n) is 9.97. The second-order valence-corrected chi connectivity index (χ2v) is 6.75. The van der Waals surface area contributed by atoms with Crippen molar-refractivity contribution in [2.45, 2.75) is 13.5 Å². The summed E-state index contributed by atoms with van der Waals surface area (Å²) in [5.74, 6) is 2.64. The van der Waals surface area contributed by atoms with E-state index in [9.17, 15) is 4.79 Å². The van der Waals surface area contributed by atoms with Crippen LogP contribution in [-0.2, 0) is 6.54 Å². The summed E-state index contributed by atoms with van der Waals surface area (Å²) in [6.07, 6.45) is 0. The minimum atomic E-state index is -0.282. The lowest BCUT2D eigenvalue weighted by Crippen LogP contribution is -2.23. The summed E-state index contributed by atoms with van der Waals surface area (Å²) < 4.78 is 22.7. The molecule has 4 rings (SSSR count). The molecule has 0 amide bonds. The van der Waals surface area contributed by atoms with E-state index in [0.717, 1.165) is 16.9 Å². The Morgan fingerprint density at radius 1 is 0.938 bits per heavy atom. The highest BCUT2D eigenvalue weighted by Crippen LogP contribution is 2.31. The number of ether oxygens (including phenoxy) is 3. The van der Waals surface area contributed by atoms with Crippen LogP contribution in [0.5, 0.6) is 17.2 Å². The molecular formula is C23H22N4O5. The zero-order valence-corrected chi connectivity index (χ0v) is 17.9. The van der Waals surface area contributed by atoms with E-state index in [1.807, 2.05) is 37.3 Å². The Kier molecular flexibility index (Phi) is 6.16. The molecule has 0 unspecified atom stereocenters. The topological polar surface area (TPSA) is 102 Å². The molecule has 0 radical (unpaired) electrons. The summed E-state index contributed by atoms with van der Waals surface area (Å²) in [6, 6.07) is 15.9. The molecule has 0 aliphatic carbocycles. The van der Waals surface area contributed by atoms with Gasteiger partial charge in [0.25, 0.3) is 5.56 Å². The maximum absolute atomic E-state index is 12.4. The molecule has 32 heavy (non-hydrogen) atoms. The van der Waals surface area contributed by atoms with Crippen LogP contribution in [0, 0.1) is 0 Å². The van der Waals surface area contributed by atoms with Crippen LogP contribution >= 0.6 is 0 Å². The number of hydrogen-bond acceptors (Lipinski definition) is 8. The van der Waals surface area contributed by atoms with E-state index in [1.165, 1.54) is 10.7 Å². The Labute approximate surface area is 184 Å². The Bertz CT molecular complexity index is 1260. The van der Waals surface area contributed by atoms with E-state index in [4.69, 9.17) is 18.7 Å². The zero-order valence-electron chi connectivity index (χ0n) is 17.9. The van der Waals surface area contributed by atoms with Crippen molar-refractivity contribution >= 4 is 0 Å². The molecule has 0 saturated carbocycles. The van der Waals surface area contributed by atoms with Crippen molar-refractivity contribution in [1.29, 1.82) is 0 Å². The summed E-state index contributed by atoms with van der Waals surface area (Å²) in [5.41, 5.74) is 1.87. The van der Waals surface area contributed by atoms with Crippen LogP contribution in [0.25, 0.3) is 22.6 Å². The van der Waals surface area contributed by atoms with Crippen LogP contribution in [0.15, 0.2) is 63.9 Å². The first-order valence-corrected chi connectivity index (χ1v) is 9.97. The third-order valence-corrected chi connectivity index (χ3v) is 4.72. The molecule has 2 aromatic heterocycles. The molecule has 0 N–H and O–H groups in total. The Morgan fingerprint density at radius 3 is 2.41 bits per heavy atom. The van der Waals surface area contributed by atoms with Crippen molar-refractivity contribution in [3.8, 4) is 39.9 Å². The molecule has 0 spiro atoms. The molecule has 0 atom stereocenters. The highest BCUT2D eigenvalue weighted by atomic mass is 16.5. The molecule has 0 saturated heterocycles. The number of aromatic nitrogens is 4. The van der Waals surface area contributed by atoms with Gasteiger partial charge in [-0.05, 0) is 55.5 Å². The lowest BCUT2D eigenvalue weighted by Gasteiger charge is -2.10. The number of hydrogen-bond donors (Lipinski definition) is 0. The molecule has 9 heteroatoms. The molecule has 0 aliphatic heterocycles. The van der Waals surface area contributed by atoms with Gasteiger partial charge in [-0.1, -0.05) is 5.16 Å². The van der Waals surface area contributed by atoms with Gasteiger partial charge in [-0.15, -0.1) is 0 Å². The Balaban J connectivity index is 1.57. The average Bonchev–Trinajstić information content (AvgIpc) is 3.29. The predicted octanol–water partition coefficient (Wildman–Crippen LogP) is 3.42. The van der Waals surface area contributed by atoms with Crippen molar-refractivity contribution < 1.29 is 18.7 Å². The molecule has 0 bridgehead atoms. The summed E-state index contributed by atoms with van der Waals surface area (Å²) in [5, 5.41) is 8.46. The monoisotopic (exact) mass is 434 g/mol. The van der Waals surface area contributed by atoms with E-state index in [1.54, 1.807) is 32.4 Å². The smallest absolute Gasteiger partial charge is 0.267 e. The van der Waals surface area contributed by atoms with Gasteiger partial charge in [0.15, 0.2) is 11.5 Å². The normalized spacial score (nSPS) is 10.7. The van der Waals surface area contributed by atoms with Crippen molar-refractivity contribution in [2.75, 3.05) is 20.8 Å². The van der Waals surface area contributed by atoms with E-state index in [0.29, 0.717) is 29.6 Å². The van der Waals surface area contributed by atoms with Gasteiger partial charge in [0, 0.05) is 17.2 Å². The van der Waals surface area contributed by atoms with Gasteiger partial charge < -0.3 is 18.7 Å². The van der Waals surface area contributed by atoms with Gasteiger partial charge in [0.2, 0.25) is 11.7 Å². The van der Waals surface area contributed by atoms with Gasteiger partial charge in [-0.3, -0.25) is 4.79 Å². The SMILES string of the molecule is CCOc1ccc(-c2noc(Cn3nc(-c4ccc(OC)c(OC)c4)ccc3=O)n2)cc1. The molecule has 4 aromatic rings. The summed E-state index contributed by atoms with van der Waals surface area (Å²) in [6.45, 7) is 2.56. The van der Waals surface area contributed by atoms with Crippen LogP contribution in [0.1, 0.15) is 12.8 Å². The van der Waals surface area contributed by atoms with Gasteiger partial charge >= 0.3 is 0 Å². The van der Waals surface area contributed by atoms with Crippen LogP contribution in [0.2, 0.25) is 0 Å². The van der Waals surface area contributed by atoms with Gasteiger partial charge in [-0.25, -0.2) is 4.68 Å². The van der Waals surface area contributed by atoms with E-state index in [2.05, 4.69) is 15.2 Å². The molecule has 164 valence electrons. The van der Waals surface area contributed by atoms with E-state index in [-0.39, 0.29) is 18.0 Å². The van der Waals surface area contributed by atoms with Gasteiger partial charge in [0.05, 0.1) is 26.5 Å². The standard InChI is InChI=1S/C23H22N4O5/c1-4-31-17-8-5-15(6-9-17)23-24-21(32-26-23)14-27-22(28)12-10-18(25-27)16-7-11-19(29-2)20(13-16)30-3/h5-13H,4,14H2,1-3H3. The highest BCUT2D eigenvalue weighted by molar-refractivity contribution is 5.63. The van der Waals surface area contributed by atoms with Crippen molar-refractivity contribution in [3.05, 3.63) is 70.8 Å². The van der Waals surface area contributed by atoms with Crippen molar-refractivity contribution in [1.82, 2.24) is 19.9 Å². The third-order valence-electron chi connectivity index (χ3n) is 4.72. The predicted molar refractivity (Wildman–Crippen MR) is 117 cm³/mol. The summed E-state index contributed by atoms with van der Waals surface area (Å²) in [4.78, 5) is 16.7. The molecule has 2 aromatic carbocycles. The fourth-order valence-electron chi connectivity index (χ4n) is 3.14. The van der Waals surface area contributed by atoms with E-state index >= 15 is 0 Å². The van der Waals surface area contributed by atoms with E-state index < -0.39 is 0 Å². The fourth-order valence-corrected chi connectivity index (χ4v) is 3.14. The third kappa shape index (κ3) is 4.46. The largest absolute Gasteiger partial charge is 0.494 e. The quantitative estimate of drug-likeness (QED) is 0.416. The highest BCUT2D eigenvalue weighted by Gasteiger charge is 2.13. The number of rotatable bonds is 8. The maximum atomic E-state index is 12.4. The van der Waals surface area contributed by atoms with Gasteiger partial charge in [-0.2, -0.15) is 10.1 Å². The Morgan fingerprint density at radius 2 is 1.69 bits per heavy atom. The first-order chi connectivity index (χ1) is 15.6. The average molecular weight is 434 g/mol. The van der Waals surface area contributed by atoms with Crippen LogP contribution < -0.4 is 19.8 Å². The maximum Gasteiger partial charge on any atom is 0.267 e. The summed E-state index contributed by atoms with van der Waals surface area (Å²) >= 11 is 0. The van der Waals surface area contributed by atoms with Gasteiger partial charge in [0.1, 0.15) is 12.3 Å². The lowest BCUT2D eigenvalue weighted by atomic mass is 10.1. The van der Waals surface area contributed by atoms with Crippen LogP contribution in [-0.4, -0.2) is 40.7 Å². The van der Waals surface area contributed by atoms with Crippen LogP contribution in [0.4, 0.5) is 0 Å². The minimum Gasteiger partial charge on any atom is -0.494 e. The second-order valence-electron chi connectivity index (χ2n) is 6.75. The van der Waals surface area contributed by atoms with Crippen molar-refractivity contribution in [2.24, 2.45) is 0 Å². The Hall–Kier alpha value is -4.14. The second kappa shape index (κ2) is 9.34. The molecule has 2 heterocycles.